The molecule has 0 atom stereocenters. The fourth-order valence-electron chi connectivity index (χ4n) is 1.48. The lowest BCUT2D eigenvalue weighted by molar-refractivity contribution is 0.266. The zero-order valence-corrected chi connectivity index (χ0v) is 7.77. The van der Waals surface area contributed by atoms with Gasteiger partial charge in [0.2, 0.25) is 0 Å². The lowest BCUT2D eigenvalue weighted by atomic mass is 10.2. The van der Waals surface area contributed by atoms with Crippen LogP contribution in [0.4, 0.5) is 0 Å². The molecule has 1 N–H and O–H groups in total. The number of rotatable bonds is 1. The number of aliphatic hydroxyl groups excluding tert-OH is 1. The van der Waals surface area contributed by atoms with Crippen molar-refractivity contribution >= 4 is 10.9 Å². The molecule has 0 saturated heterocycles. The Morgan fingerprint density at radius 1 is 1.43 bits per heavy atom. The normalized spacial score (nSPS) is 10.7. The molecule has 0 spiro atoms. The molecule has 72 valence electrons. The van der Waals surface area contributed by atoms with E-state index in [-0.39, 0.29) is 12.2 Å². The van der Waals surface area contributed by atoms with E-state index in [0.29, 0.717) is 11.2 Å². The van der Waals surface area contributed by atoms with E-state index in [2.05, 4.69) is 4.98 Å². The van der Waals surface area contributed by atoms with Crippen molar-refractivity contribution in [1.29, 1.82) is 0 Å². The van der Waals surface area contributed by atoms with E-state index >= 15 is 0 Å². The van der Waals surface area contributed by atoms with Gasteiger partial charge in [-0.25, -0.2) is 0 Å². The Labute approximate surface area is 80.4 Å². The van der Waals surface area contributed by atoms with Crippen LogP contribution >= 0.6 is 0 Å². The van der Waals surface area contributed by atoms with E-state index in [9.17, 15) is 4.79 Å². The number of fused-ring (bicyclic) bond motifs is 1. The van der Waals surface area contributed by atoms with E-state index in [1.807, 2.05) is 12.1 Å². The van der Waals surface area contributed by atoms with Crippen LogP contribution in [0.3, 0.4) is 0 Å². The van der Waals surface area contributed by atoms with Crippen LogP contribution in [0, 0.1) is 0 Å². The van der Waals surface area contributed by atoms with Gasteiger partial charge in [0.1, 0.15) is 12.4 Å². The summed E-state index contributed by atoms with van der Waals surface area (Å²) in [7, 11) is 1.78. The summed E-state index contributed by atoms with van der Waals surface area (Å²) in [6, 6.07) is 7.20. The zero-order valence-electron chi connectivity index (χ0n) is 7.77. The molecule has 0 saturated carbocycles. The van der Waals surface area contributed by atoms with Gasteiger partial charge >= 0.3 is 0 Å². The van der Waals surface area contributed by atoms with Gasteiger partial charge in [-0.15, -0.1) is 0 Å². The first kappa shape index (κ1) is 8.90. The van der Waals surface area contributed by atoms with Crippen LogP contribution in [0.5, 0.6) is 0 Å². The van der Waals surface area contributed by atoms with Gasteiger partial charge in [-0.3, -0.25) is 4.79 Å². The van der Waals surface area contributed by atoms with Crippen molar-refractivity contribution in [3.8, 4) is 0 Å². The predicted molar refractivity (Wildman–Crippen MR) is 52.9 cm³/mol. The highest BCUT2D eigenvalue weighted by atomic mass is 16.3. The molecule has 0 radical (unpaired) electrons. The first-order chi connectivity index (χ1) is 6.74. The second-order valence-corrected chi connectivity index (χ2v) is 3.07. The van der Waals surface area contributed by atoms with E-state index in [1.165, 1.54) is 0 Å². The average Bonchev–Trinajstić information content (AvgIpc) is 2.23. The van der Waals surface area contributed by atoms with Crippen LogP contribution in [0.25, 0.3) is 10.9 Å². The zero-order chi connectivity index (χ0) is 10.1. The van der Waals surface area contributed by atoms with Crippen LogP contribution in [0.1, 0.15) is 5.82 Å². The Morgan fingerprint density at radius 3 is 2.86 bits per heavy atom. The van der Waals surface area contributed by atoms with Crippen molar-refractivity contribution in [2.75, 3.05) is 0 Å². The molecule has 0 amide bonds. The van der Waals surface area contributed by atoms with Gasteiger partial charge in [0.05, 0.1) is 10.9 Å². The number of aromatic nitrogens is 2. The molecule has 0 aliphatic heterocycles. The highest BCUT2D eigenvalue weighted by Gasteiger charge is 2.05. The Kier molecular flexibility index (Phi) is 2.05. The molecule has 1 aromatic heterocycles. The molecule has 0 unspecified atom stereocenters. The number of hydrogen-bond acceptors (Lipinski definition) is 3. The topological polar surface area (TPSA) is 55.1 Å². The van der Waals surface area contributed by atoms with Crippen LogP contribution < -0.4 is 5.56 Å². The molecule has 2 aromatic rings. The average molecular weight is 190 g/mol. The summed E-state index contributed by atoms with van der Waals surface area (Å²) < 4.78 is 1.72. The smallest absolute Gasteiger partial charge is 0.280 e. The summed E-state index contributed by atoms with van der Waals surface area (Å²) in [5.41, 5.74) is 0.499. The molecule has 0 aliphatic rings. The molecule has 0 bridgehead atoms. The molecule has 14 heavy (non-hydrogen) atoms. The third kappa shape index (κ3) is 1.20. The third-order valence-corrected chi connectivity index (χ3v) is 2.26. The molecule has 4 nitrogen and oxygen atoms in total. The number of hydrogen-bond donors (Lipinski definition) is 1. The van der Waals surface area contributed by atoms with Crippen LogP contribution in [-0.2, 0) is 13.7 Å². The van der Waals surface area contributed by atoms with E-state index < -0.39 is 0 Å². The lowest BCUT2D eigenvalue weighted by Crippen LogP contribution is -2.16. The van der Waals surface area contributed by atoms with Gasteiger partial charge in [0, 0.05) is 7.05 Å². The van der Waals surface area contributed by atoms with Gasteiger partial charge < -0.3 is 9.67 Å². The number of nitrogens with zero attached hydrogens (tertiary/aromatic N) is 2. The number of benzene rings is 1. The lowest BCUT2D eigenvalue weighted by Gasteiger charge is -2.08. The van der Waals surface area contributed by atoms with Crippen molar-refractivity contribution in [3.63, 3.8) is 0 Å². The quantitative estimate of drug-likeness (QED) is 0.709. The van der Waals surface area contributed by atoms with Crippen molar-refractivity contribution in [2.45, 2.75) is 6.61 Å². The summed E-state index contributed by atoms with van der Waals surface area (Å²) in [5.74, 6) is 0.383. The van der Waals surface area contributed by atoms with Gasteiger partial charge in [-0.05, 0) is 12.1 Å². The Balaban J connectivity index is 2.95. The third-order valence-electron chi connectivity index (χ3n) is 2.26. The van der Waals surface area contributed by atoms with Gasteiger partial charge in [0.15, 0.2) is 0 Å². The van der Waals surface area contributed by atoms with Gasteiger partial charge in [0.25, 0.3) is 5.56 Å². The summed E-state index contributed by atoms with van der Waals surface area (Å²) in [5, 5.41) is 9.56. The van der Waals surface area contributed by atoms with Crippen LogP contribution in [0.15, 0.2) is 29.1 Å². The maximum Gasteiger partial charge on any atom is 0.280 e. The number of aliphatic hydroxyl groups is 1. The first-order valence-corrected chi connectivity index (χ1v) is 4.29. The Morgan fingerprint density at radius 2 is 2.14 bits per heavy atom. The molecule has 0 aliphatic carbocycles. The monoisotopic (exact) mass is 190 g/mol. The second kappa shape index (κ2) is 3.23. The largest absolute Gasteiger partial charge is 0.388 e. The number of aryl methyl sites for hydroxylation is 1. The minimum atomic E-state index is -0.289. The van der Waals surface area contributed by atoms with Crippen LogP contribution in [-0.4, -0.2) is 14.7 Å². The SMILES string of the molecule is Cn1c(CO)nc(=O)c2ccccc21. The van der Waals surface area contributed by atoms with Crippen molar-refractivity contribution in [1.82, 2.24) is 9.55 Å². The minimum Gasteiger partial charge on any atom is -0.388 e. The summed E-state index contributed by atoms with van der Waals surface area (Å²) in [6.07, 6.45) is 0. The van der Waals surface area contributed by atoms with Crippen molar-refractivity contribution < 1.29 is 5.11 Å². The highest BCUT2D eigenvalue weighted by molar-refractivity contribution is 5.77. The van der Waals surface area contributed by atoms with Crippen molar-refractivity contribution in [3.05, 3.63) is 40.4 Å². The maximum absolute atomic E-state index is 11.5. The van der Waals surface area contributed by atoms with Crippen molar-refractivity contribution in [2.24, 2.45) is 7.05 Å². The summed E-state index contributed by atoms with van der Waals surface area (Å²) in [6.45, 7) is -0.226. The molecule has 1 heterocycles. The summed E-state index contributed by atoms with van der Waals surface area (Å²) in [4.78, 5) is 15.3. The summed E-state index contributed by atoms with van der Waals surface area (Å²) >= 11 is 0. The fraction of sp³-hybridized carbons (Fsp3) is 0.200. The molecular formula is C10H10N2O2. The molecule has 1 aromatic carbocycles. The predicted octanol–water partition coefficient (Wildman–Crippen LogP) is 0.426. The Bertz CT molecular complexity index is 531. The van der Waals surface area contributed by atoms with Gasteiger partial charge in [-0.1, -0.05) is 12.1 Å². The molecular weight excluding hydrogens is 180 g/mol. The number of para-hydroxylation sites is 1. The first-order valence-electron chi connectivity index (χ1n) is 4.29. The fourth-order valence-corrected chi connectivity index (χ4v) is 1.48. The van der Waals surface area contributed by atoms with Gasteiger partial charge in [-0.2, -0.15) is 4.98 Å². The van der Waals surface area contributed by atoms with E-state index in [4.69, 9.17) is 5.11 Å². The standard InChI is InChI=1S/C10H10N2O2/c1-12-8-5-3-2-4-7(8)10(14)11-9(12)6-13/h2-5,13H,6H2,1H3. The maximum atomic E-state index is 11.5. The molecule has 4 heteroatoms. The Hall–Kier alpha value is -1.68. The minimum absolute atomic E-state index is 0.226. The molecule has 0 fully saturated rings. The highest BCUT2D eigenvalue weighted by Crippen LogP contribution is 2.08. The van der Waals surface area contributed by atoms with E-state index in [0.717, 1.165) is 5.52 Å². The second-order valence-electron chi connectivity index (χ2n) is 3.07. The molecule has 2 rings (SSSR count). The van der Waals surface area contributed by atoms with E-state index in [1.54, 1.807) is 23.7 Å². The van der Waals surface area contributed by atoms with Crippen LogP contribution in [0.2, 0.25) is 0 Å².